The quantitative estimate of drug-likeness (QED) is 0.797. The molecule has 6 heteroatoms. The van der Waals surface area contributed by atoms with Gasteiger partial charge in [0.1, 0.15) is 0 Å². The lowest BCUT2D eigenvalue weighted by atomic mass is 10.2. The number of hydrogen-bond donors (Lipinski definition) is 2. The number of thioether (sulfide) groups is 1. The predicted octanol–water partition coefficient (Wildman–Crippen LogP) is 2.02. The van der Waals surface area contributed by atoms with Crippen LogP contribution in [0.4, 0.5) is 11.5 Å². The molecule has 2 heterocycles. The van der Waals surface area contributed by atoms with Gasteiger partial charge in [-0.15, -0.1) is 0 Å². The fraction of sp³-hybridized carbons (Fsp3) is 0.556. The van der Waals surface area contributed by atoms with Crippen molar-refractivity contribution in [2.45, 2.75) is 18.1 Å². The van der Waals surface area contributed by atoms with E-state index >= 15 is 0 Å². The van der Waals surface area contributed by atoms with Gasteiger partial charge in [-0.05, 0) is 30.2 Å². The third kappa shape index (κ3) is 2.89. The third-order valence-corrected chi connectivity index (χ3v) is 3.89. The lowest BCUT2D eigenvalue weighted by Crippen LogP contribution is -2.15. The Labute approximate surface area is 98.0 Å². The van der Waals surface area contributed by atoms with Crippen molar-refractivity contribution >= 4 is 34.9 Å². The van der Waals surface area contributed by atoms with E-state index in [1.807, 2.05) is 11.8 Å². The van der Waals surface area contributed by atoms with Crippen molar-refractivity contribution in [3.8, 4) is 0 Å². The molecule has 15 heavy (non-hydrogen) atoms. The maximum Gasteiger partial charge on any atom is 0.224 e. The van der Waals surface area contributed by atoms with Gasteiger partial charge in [-0.3, -0.25) is 0 Å². The van der Waals surface area contributed by atoms with E-state index in [9.17, 15) is 0 Å². The Balaban J connectivity index is 1.94. The zero-order valence-corrected chi connectivity index (χ0v) is 9.81. The van der Waals surface area contributed by atoms with E-state index in [4.69, 9.17) is 17.3 Å². The fourth-order valence-corrected chi connectivity index (χ4v) is 2.86. The van der Waals surface area contributed by atoms with Crippen molar-refractivity contribution in [2.75, 3.05) is 23.3 Å². The Morgan fingerprint density at radius 3 is 3.27 bits per heavy atom. The number of nitrogen functional groups attached to an aromatic ring is 1. The average molecular weight is 245 g/mol. The zero-order chi connectivity index (χ0) is 10.7. The van der Waals surface area contributed by atoms with Crippen LogP contribution in [0.25, 0.3) is 0 Å². The van der Waals surface area contributed by atoms with Gasteiger partial charge in [0.2, 0.25) is 5.28 Å². The maximum absolute atomic E-state index is 5.72. The summed E-state index contributed by atoms with van der Waals surface area (Å²) >= 11 is 7.68. The van der Waals surface area contributed by atoms with Gasteiger partial charge in [0.05, 0.1) is 11.9 Å². The van der Waals surface area contributed by atoms with Gasteiger partial charge >= 0.3 is 0 Å². The van der Waals surface area contributed by atoms with Crippen LogP contribution in [0.3, 0.4) is 0 Å². The minimum Gasteiger partial charge on any atom is -0.394 e. The Kier molecular flexibility index (Phi) is 3.53. The van der Waals surface area contributed by atoms with Crippen molar-refractivity contribution in [1.29, 1.82) is 0 Å². The molecule has 82 valence electrons. The molecule has 0 aromatic carbocycles. The van der Waals surface area contributed by atoms with Crippen LogP contribution in [-0.4, -0.2) is 27.5 Å². The first-order valence-electron chi connectivity index (χ1n) is 4.89. The van der Waals surface area contributed by atoms with Gasteiger partial charge < -0.3 is 11.1 Å². The first-order chi connectivity index (χ1) is 7.25. The van der Waals surface area contributed by atoms with Crippen molar-refractivity contribution in [3.05, 3.63) is 11.5 Å². The Hall–Kier alpha value is -0.680. The van der Waals surface area contributed by atoms with Crippen LogP contribution in [0.15, 0.2) is 6.20 Å². The number of hydrogen-bond acceptors (Lipinski definition) is 5. The van der Waals surface area contributed by atoms with Gasteiger partial charge in [0, 0.05) is 11.8 Å². The molecule has 0 spiro atoms. The Bertz CT molecular complexity index is 341. The number of nitrogens with zero attached hydrogens (tertiary/aromatic N) is 2. The number of aromatic nitrogens is 2. The molecule has 0 saturated carbocycles. The predicted molar refractivity (Wildman–Crippen MR) is 65.4 cm³/mol. The highest BCUT2D eigenvalue weighted by Crippen LogP contribution is 2.26. The normalized spacial score (nSPS) is 20.5. The first-order valence-corrected chi connectivity index (χ1v) is 6.32. The summed E-state index contributed by atoms with van der Waals surface area (Å²) in [4.78, 5) is 7.85. The van der Waals surface area contributed by atoms with E-state index in [1.165, 1.54) is 24.8 Å². The monoisotopic (exact) mass is 244 g/mol. The van der Waals surface area contributed by atoms with E-state index in [2.05, 4.69) is 15.3 Å². The number of nitrogens with two attached hydrogens (primary N) is 1. The zero-order valence-electron chi connectivity index (χ0n) is 8.24. The minimum absolute atomic E-state index is 0.228. The van der Waals surface area contributed by atoms with Gasteiger partial charge in [-0.1, -0.05) is 0 Å². The molecule has 1 aromatic rings. The molecule has 3 N–H and O–H groups in total. The summed E-state index contributed by atoms with van der Waals surface area (Å²) in [5, 5.41) is 4.11. The highest BCUT2D eigenvalue weighted by Gasteiger charge is 2.15. The summed E-state index contributed by atoms with van der Waals surface area (Å²) in [5.74, 6) is 1.90. The molecule has 0 radical (unpaired) electrons. The Morgan fingerprint density at radius 2 is 2.53 bits per heavy atom. The van der Waals surface area contributed by atoms with E-state index in [0.717, 1.165) is 6.54 Å². The highest BCUT2D eigenvalue weighted by atomic mass is 35.5. The van der Waals surface area contributed by atoms with Crippen LogP contribution < -0.4 is 11.1 Å². The lowest BCUT2D eigenvalue weighted by molar-refractivity contribution is 0.803. The van der Waals surface area contributed by atoms with Crippen LogP contribution in [-0.2, 0) is 0 Å². The second kappa shape index (κ2) is 4.90. The van der Waals surface area contributed by atoms with Crippen LogP contribution in [0, 0.1) is 0 Å². The smallest absolute Gasteiger partial charge is 0.224 e. The molecule has 1 aliphatic heterocycles. The van der Waals surface area contributed by atoms with Crippen molar-refractivity contribution in [3.63, 3.8) is 0 Å². The number of rotatable bonds is 3. The fourth-order valence-electron chi connectivity index (χ4n) is 1.53. The van der Waals surface area contributed by atoms with Crippen LogP contribution in [0.2, 0.25) is 5.28 Å². The third-order valence-electron chi connectivity index (χ3n) is 2.31. The molecular weight excluding hydrogens is 232 g/mol. The second-order valence-electron chi connectivity index (χ2n) is 3.46. The summed E-state index contributed by atoms with van der Waals surface area (Å²) in [6.45, 7) is 0.891. The van der Waals surface area contributed by atoms with Crippen molar-refractivity contribution < 1.29 is 0 Å². The summed E-state index contributed by atoms with van der Waals surface area (Å²) in [7, 11) is 0. The molecule has 1 aliphatic rings. The topological polar surface area (TPSA) is 63.8 Å². The molecule has 1 saturated heterocycles. The number of anilines is 2. The molecule has 0 amide bonds. The van der Waals surface area contributed by atoms with E-state index in [1.54, 1.807) is 0 Å². The SMILES string of the molecule is Nc1cnc(Cl)nc1NCC1CCCS1. The molecule has 1 aromatic heterocycles. The first kappa shape index (κ1) is 10.8. The molecule has 4 nitrogen and oxygen atoms in total. The largest absolute Gasteiger partial charge is 0.394 e. The molecule has 0 aliphatic carbocycles. The summed E-state index contributed by atoms with van der Waals surface area (Å²) in [5.41, 5.74) is 6.27. The number of halogens is 1. The molecule has 1 atom stereocenters. The average Bonchev–Trinajstić information content (AvgIpc) is 2.72. The van der Waals surface area contributed by atoms with Gasteiger partial charge in [-0.25, -0.2) is 4.98 Å². The van der Waals surface area contributed by atoms with Crippen molar-refractivity contribution in [2.24, 2.45) is 0 Å². The van der Waals surface area contributed by atoms with Gasteiger partial charge in [0.15, 0.2) is 5.82 Å². The minimum atomic E-state index is 0.228. The Morgan fingerprint density at radius 1 is 1.67 bits per heavy atom. The van der Waals surface area contributed by atoms with Gasteiger partial charge in [-0.2, -0.15) is 16.7 Å². The van der Waals surface area contributed by atoms with Gasteiger partial charge in [0.25, 0.3) is 0 Å². The summed E-state index contributed by atoms with van der Waals surface area (Å²) in [6.07, 6.45) is 4.09. The molecule has 1 fully saturated rings. The summed E-state index contributed by atoms with van der Waals surface area (Å²) < 4.78 is 0. The lowest BCUT2D eigenvalue weighted by Gasteiger charge is -2.11. The van der Waals surface area contributed by atoms with E-state index < -0.39 is 0 Å². The maximum atomic E-state index is 5.72. The van der Waals surface area contributed by atoms with Crippen LogP contribution in [0.5, 0.6) is 0 Å². The van der Waals surface area contributed by atoms with E-state index in [0.29, 0.717) is 16.8 Å². The highest BCUT2D eigenvalue weighted by molar-refractivity contribution is 8.00. The molecule has 1 unspecified atom stereocenters. The molecule has 0 bridgehead atoms. The molecular formula is C9H13ClN4S. The van der Waals surface area contributed by atoms with Crippen LogP contribution in [0.1, 0.15) is 12.8 Å². The number of nitrogens with one attached hydrogen (secondary N) is 1. The van der Waals surface area contributed by atoms with E-state index in [-0.39, 0.29) is 5.28 Å². The van der Waals surface area contributed by atoms with Crippen molar-refractivity contribution in [1.82, 2.24) is 9.97 Å². The standard InChI is InChI=1S/C9H13ClN4S/c10-9-13-5-7(11)8(14-9)12-4-6-2-1-3-15-6/h5-6H,1-4,11H2,(H,12,13,14). The second-order valence-corrected chi connectivity index (χ2v) is 5.21. The summed E-state index contributed by atoms with van der Waals surface area (Å²) in [6, 6.07) is 0. The van der Waals surface area contributed by atoms with Crippen LogP contribution >= 0.6 is 23.4 Å². The molecule has 2 rings (SSSR count).